The minimum atomic E-state index is -4.15. The van der Waals surface area contributed by atoms with Crippen LogP contribution in [-0.2, 0) is 18.1 Å². The van der Waals surface area contributed by atoms with E-state index in [0.717, 1.165) is 90.9 Å². The third-order valence-electron chi connectivity index (χ3n) is 10.1. The molecule has 54 heavy (non-hydrogen) atoms. The Balaban J connectivity index is 1.01. The van der Waals surface area contributed by atoms with Gasteiger partial charge in [-0.1, -0.05) is 32.0 Å². The summed E-state index contributed by atoms with van der Waals surface area (Å²) in [5, 5.41) is 26.1. The van der Waals surface area contributed by atoms with Crippen molar-refractivity contribution in [2.75, 3.05) is 36.0 Å². The molecular formula is C38H38F4N10O2. The van der Waals surface area contributed by atoms with Gasteiger partial charge in [-0.15, -0.1) is 5.10 Å². The molecule has 6 aromatic rings. The molecular weight excluding hydrogens is 704 g/mol. The second-order valence-corrected chi connectivity index (χ2v) is 13.2. The Morgan fingerprint density at radius 2 is 1.41 bits per heavy atom. The fourth-order valence-corrected chi connectivity index (χ4v) is 6.92. The van der Waals surface area contributed by atoms with Crippen LogP contribution in [0.4, 0.5) is 28.9 Å². The summed E-state index contributed by atoms with van der Waals surface area (Å²) in [4.78, 5) is 21.5. The number of pyridine rings is 1. The van der Waals surface area contributed by atoms with Crippen molar-refractivity contribution in [2.24, 2.45) is 0 Å². The fourth-order valence-electron chi connectivity index (χ4n) is 6.92. The van der Waals surface area contributed by atoms with Crippen molar-refractivity contribution in [1.29, 1.82) is 0 Å². The van der Waals surface area contributed by atoms with Crippen LogP contribution in [0.3, 0.4) is 0 Å². The molecule has 0 bridgehead atoms. The quantitative estimate of drug-likeness (QED) is 0.157. The number of halogens is 4. The lowest BCUT2D eigenvalue weighted by molar-refractivity contribution is -0.207. The molecule has 7 rings (SSSR count). The first-order valence-electron chi connectivity index (χ1n) is 17.6. The molecule has 16 heteroatoms. The highest BCUT2D eigenvalue weighted by molar-refractivity contribution is 5.66. The third-order valence-corrected chi connectivity index (χ3v) is 10.1. The van der Waals surface area contributed by atoms with Crippen molar-refractivity contribution in [2.45, 2.75) is 50.8 Å². The molecule has 3 aromatic carbocycles. The van der Waals surface area contributed by atoms with Crippen molar-refractivity contribution in [1.82, 2.24) is 39.5 Å². The lowest BCUT2D eigenvalue weighted by atomic mass is 9.84. The van der Waals surface area contributed by atoms with E-state index in [1.165, 1.54) is 12.3 Å². The van der Waals surface area contributed by atoms with Crippen LogP contribution in [0, 0.1) is 11.6 Å². The molecule has 1 atom stereocenters. The zero-order chi connectivity index (χ0) is 38.0. The second-order valence-electron chi connectivity index (χ2n) is 13.2. The van der Waals surface area contributed by atoms with Crippen LogP contribution in [0.15, 0.2) is 103 Å². The van der Waals surface area contributed by atoms with E-state index in [4.69, 9.17) is 0 Å². The van der Waals surface area contributed by atoms with Crippen molar-refractivity contribution in [3.63, 3.8) is 0 Å². The summed E-state index contributed by atoms with van der Waals surface area (Å²) in [5.74, 6) is -6.49. The van der Waals surface area contributed by atoms with Gasteiger partial charge < -0.3 is 14.9 Å². The van der Waals surface area contributed by atoms with Crippen LogP contribution in [0.25, 0.3) is 16.8 Å². The molecule has 1 aliphatic rings. The molecule has 1 N–H and O–H groups in total. The Kier molecular flexibility index (Phi) is 10.0. The maximum Gasteiger partial charge on any atom is 0.350 e. The first kappa shape index (κ1) is 36.5. The summed E-state index contributed by atoms with van der Waals surface area (Å²) < 4.78 is 64.8. The zero-order valence-corrected chi connectivity index (χ0v) is 29.6. The molecule has 12 nitrogen and oxygen atoms in total. The normalized spacial score (nSPS) is 14.8. The van der Waals surface area contributed by atoms with Crippen molar-refractivity contribution in [3.05, 3.63) is 131 Å². The van der Waals surface area contributed by atoms with Gasteiger partial charge in [0.1, 0.15) is 30.0 Å². The number of rotatable bonds is 12. The van der Waals surface area contributed by atoms with E-state index in [0.29, 0.717) is 11.6 Å². The third kappa shape index (κ3) is 6.84. The lowest BCUT2D eigenvalue weighted by Gasteiger charge is -2.37. The van der Waals surface area contributed by atoms with Gasteiger partial charge >= 0.3 is 11.6 Å². The van der Waals surface area contributed by atoms with E-state index >= 15 is 8.78 Å². The standard InChI is InChI=1S/C38H38F4N10O2/c1-3-29(4-2)52-36(53)51(25-45-52)32-13-11-31(12-14-32)49-19-17-48(18-20-49)30-9-5-26(6-10-30)27-7-16-35(43-22-27)38(41,42)37(54,23-50-24-44-46-47-50)33-15-8-28(39)21-34(33)40/h5-16,21-22,24-25,29,54H,3-4,17-20,23H2,1-2H3. The minimum Gasteiger partial charge on any atom is -0.377 e. The maximum atomic E-state index is 16.2. The van der Waals surface area contributed by atoms with E-state index in [1.54, 1.807) is 15.6 Å². The van der Waals surface area contributed by atoms with Crippen LogP contribution in [0.1, 0.15) is 44.0 Å². The summed E-state index contributed by atoms with van der Waals surface area (Å²) in [6, 6.07) is 20.2. The predicted molar refractivity (Wildman–Crippen MR) is 194 cm³/mol. The average Bonchev–Trinajstić information content (AvgIpc) is 3.85. The molecule has 1 fully saturated rings. The molecule has 280 valence electrons. The second kappa shape index (κ2) is 14.9. The Morgan fingerprint density at radius 3 is 1.96 bits per heavy atom. The van der Waals surface area contributed by atoms with Gasteiger partial charge in [0.15, 0.2) is 5.60 Å². The summed E-state index contributed by atoms with van der Waals surface area (Å²) in [5.41, 5.74) is -0.900. The fraction of sp³-hybridized carbons (Fsp3) is 0.316. The van der Waals surface area contributed by atoms with Crippen molar-refractivity contribution < 1.29 is 22.7 Å². The van der Waals surface area contributed by atoms with Crippen molar-refractivity contribution in [3.8, 4) is 16.8 Å². The largest absolute Gasteiger partial charge is 0.377 e. The Labute approximate surface area is 307 Å². The molecule has 0 spiro atoms. The number of aliphatic hydroxyl groups is 1. The zero-order valence-electron chi connectivity index (χ0n) is 29.6. The number of tetrazole rings is 1. The van der Waals surface area contributed by atoms with Gasteiger partial charge in [0.25, 0.3) is 0 Å². The summed E-state index contributed by atoms with van der Waals surface area (Å²) in [6.45, 7) is 6.28. The molecule has 0 amide bonds. The van der Waals surface area contributed by atoms with E-state index in [1.807, 2.05) is 62.4 Å². The molecule has 4 heterocycles. The molecule has 3 aromatic heterocycles. The highest BCUT2D eigenvalue weighted by Crippen LogP contribution is 2.47. The molecule has 1 saturated heterocycles. The van der Waals surface area contributed by atoms with Gasteiger partial charge in [0.05, 0.1) is 18.3 Å². The van der Waals surface area contributed by atoms with E-state index < -0.39 is 41.0 Å². The van der Waals surface area contributed by atoms with Gasteiger partial charge in [0, 0.05) is 60.9 Å². The Morgan fingerprint density at radius 1 is 0.796 bits per heavy atom. The number of hydrogen-bond donors (Lipinski definition) is 1. The monoisotopic (exact) mass is 742 g/mol. The summed E-state index contributed by atoms with van der Waals surface area (Å²) in [7, 11) is 0. The first-order valence-corrected chi connectivity index (χ1v) is 17.6. The van der Waals surface area contributed by atoms with Gasteiger partial charge in [-0.25, -0.2) is 27.5 Å². The van der Waals surface area contributed by atoms with Crippen LogP contribution in [-0.4, -0.2) is 70.8 Å². The van der Waals surface area contributed by atoms with Crippen LogP contribution >= 0.6 is 0 Å². The van der Waals surface area contributed by atoms with Crippen molar-refractivity contribution >= 4 is 11.4 Å². The molecule has 1 unspecified atom stereocenters. The molecule has 0 radical (unpaired) electrons. The van der Waals surface area contributed by atoms with E-state index in [-0.39, 0.29) is 11.7 Å². The summed E-state index contributed by atoms with van der Waals surface area (Å²) >= 11 is 0. The summed E-state index contributed by atoms with van der Waals surface area (Å²) in [6.07, 6.45) is 5.51. The number of aromatic nitrogens is 8. The number of anilines is 2. The molecule has 0 saturated carbocycles. The number of piperazine rings is 1. The smallest absolute Gasteiger partial charge is 0.350 e. The molecule has 0 aliphatic carbocycles. The van der Waals surface area contributed by atoms with E-state index in [2.05, 4.69) is 35.4 Å². The van der Waals surface area contributed by atoms with Crippen LogP contribution in [0.5, 0.6) is 0 Å². The van der Waals surface area contributed by atoms with Crippen LogP contribution in [0.2, 0.25) is 0 Å². The minimum absolute atomic E-state index is 0.0742. The van der Waals surface area contributed by atoms with Gasteiger partial charge in [-0.05, 0) is 83.4 Å². The Bertz CT molecular complexity index is 2230. The average molecular weight is 743 g/mol. The Hall–Kier alpha value is -5.90. The van der Waals surface area contributed by atoms with E-state index in [9.17, 15) is 18.7 Å². The lowest BCUT2D eigenvalue weighted by Crippen LogP contribution is -2.48. The maximum absolute atomic E-state index is 16.2. The highest BCUT2D eigenvalue weighted by Gasteiger charge is 2.58. The topological polar surface area (TPSA) is 123 Å². The highest BCUT2D eigenvalue weighted by atomic mass is 19.3. The van der Waals surface area contributed by atoms with Gasteiger partial charge in [0.2, 0.25) is 0 Å². The number of hydrogen-bond acceptors (Lipinski definition) is 9. The van der Waals surface area contributed by atoms with Gasteiger partial charge in [-0.2, -0.15) is 13.9 Å². The number of nitrogens with zero attached hydrogens (tertiary/aromatic N) is 10. The predicted octanol–water partition coefficient (Wildman–Crippen LogP) is 5.73. The number of alkyl halides is 2. The first-order chi connectivity index (χ1) is 26.0. The SMILES string of the molecule is CCC(CC)n1ncn(-c2ccc(N3CCN(c4ccc(-c5ccc(C(F)(F)C(O)(Cn6cnnn6)c6ccc(F)cc6F)nc5)cc4)CC3)cc2)c1=O. The number of benzene rings is 3. The molecule has 1 aliphatic heterocycles. The van der Waals surface area contributed by atoms with Gasteiger partial charge in [-0.3, -0.25) is 4.98 Å². The van der Waals surface area contributed by atoms with Crippen LogP contribution < -0.4 is 15.5 Å².